The normalized spacial score (nSPS) is 14.7. The Balaban J connectivity index is 1.92. The van der Waals surface area contributed by atoms with Gasteiger partial charge in [0.25, 0.3) is 0 Å². The third-order valence-electron chi connectivity index (χ3n) is 4.49. The van der Waals surface area contributed by atoms with Gasteiger partial charge in [0.1, 0.15) is 11.9 Å². The first kappa shape index (κ1) is 21.8. The van der Waals surface area contributed by atoms with E-state index < -0.39 is 20.0 Å². The molecule has 0 saturated carbocycles. The van der Waals surface area contributed by atoms with E-state index in [9.17, 15) is 21.6 Å². The van der Waals surface area contributed by atoms with E-state index in [4.69, 9.17) is 4.74 Å². The molecule has 1 aliphatic heterocycles. The molecule has 0 N–H and O–H groups in total. The summed E-state index contributed by atoms with van der Waals surface area (Å²) in [7, 11) is -8.16. The molecule has 30 heavy (non-hydrogen) atoms. The maximum Gasteiger partial charge on any atom is 0.246 e. The SMILES string of the molecule is C=CC(=O)N1CC(Oc2cccc(-c3ccccc3N(S(C)(=O)=O)S(C)(=O)=O)c2)C1. The molecular formula is C20H22N2O6S2. The molecule has 160 valence electrons. The van der Waals surface area contributed by atoms with Crippen molar-refractivity contribution in [3.63, 3.8) is 0 Å². The zero-order valence-electron chi connectivity index (χ0n) is 16.6. The summed E-state index contributed by atoms with van der Waals surface area (Å²) >= 11 is 0. The van der Waals surface area contributed by atoms with Crippen molar-refractivity contribution in [3.8, 4) is 16.9 Å². The molecule has 0 spiro atoms. The Morgan fingerprint density at radius 3 is 2.30 bits per heavy atom. The summed E-state index contributed by atoms with van der Waals surface area (Å²) in [6.07, 6.45) is 2.78. The predicted octanol–water partition coefficient (Wildman–Crippen LogP) is 1.85. The highest BCUT2D eigenvalue weighted by Gasteiger charge is 2.31. The summed E-state index contributed by atoms with van der Waals surface area (Å²) in [5.41, 5.74) is 1.06. The predicted molar refractivity (Wildman–Crippen MR) is 115 cm³/mol. The summed E-state index contributed by atoms with van der Waals surface area (Å²) in [5, 5.41) is 0. The number of carbonyl (C=O) groups excluding carboxylic acids is 1. The van der Waals surface area contributed by atoms with Gasteiger partial charge < -0.3 is 9.64 Å². The van der Waals surface area contributed by atoms with E-state index in [0.29, 0.717) is 33.7 Å². The van der Waals surface area contributed by atoms with Gasteiger partial charge in [0.2, 0.25) is 26.0 Å². The first-order valence-corrected chi connectivity index (χ1v) is 12.7. The Morgan fingerprint density at radius 1 is 1.07 bits per heavy atom. The summed E-state index contributed by atoms with van der Waals surface area (Å²) in [6, 6.07) is 13.3. The fourth-order valence-corrected chi connectivity index (χ4v) is 6.23. The van der Waals surface area contributed by atoms with Crippen molar-refractivity contribution in [1.29, 1.82) is 0 Å². The Labute approximate surface area is 176 Å². The fraction of sp³-hybridized carbons (Fsp3) is 0.250. The molecule has 1 amide bonds. The minimum absolute atomic E-state index is 0.0334. The maximum absolute atomic E-state index is 12.2. The molecule has 0 aliphatic carbocycles. The number of amides is 1. The molecule has 0 unspecified atom stereocenters. The van der Waals surface area contributed by atoms with Crippen molar-refractivity contribution in [1.82, 2.24) is 4.90 Å². The van der Waals surface area contributed by atoms with Crippen LogP contribution < -0.4 is 8.45 Å². The van der Waals surface area contributed by atoms with E-state index in [2.05, 4.69) is 6.58 Å². The third kappa shape index (κ3) is 4.65. The second kappa shape index (κ2) is 8.11. The van der Waals surface area contributed by atoms with Crippen LogP contribution in [0.2, 0.25) is 0 Å². The molecule has 2 aromatic carbocycles. The molecule has 0 bridgehead atoms. The van der Waals surface area contributed by atoms with Gasteiger partial charge in [0, 0.05) is 5.56 Å². The van der Waals surface area contributed by atoms with Gasteiger partial charge in [-0.3, -0.25) is 4.79 Å². The Hall–Kier alpha value is -2.85. The van der Waals surface area contributed by atoms with E-state index in [1.54, 1.807) is 47.4 Å². The lowest BCUT2D eigenvalue weighted by Crippen LogP contribution is -2.55. The quantitative estimate of drug-likeness (QED) is 0.597. The van der Waals surface area contributed by atoms with Gasteiger partial charge in [-0.2, -0.15) is 3.71 Å². The van der Waals surface area contributed by atoms with Crippen molar-refractivity contribution in [2.75, 3.05) is 29.3 Å². The molecule has 1 saturated heterocycles. The van der Waals surface area contributed by atoms with Gasteiger partial charge in [0.05, 0.1) is 31.3 Å². The van der Waals surface area contributed by atoms with E-state index >= 15 is 0 Å². The van der Waals surface area contributed by atoms with Crippen LogP contribution in [0.25, 0.3) is 11.1 Å². The van der Waals surface area contributed by atoms with Crippen molar-refractivity contribution in [2.24, 2.45) is 0 Å². The lowest BCUT2D eigenvalue weighted by atomic mass is 10.0. The summed E-state index contributed by atoms with van der Waals surface area (Å²) < 4.78 is 55.2. The number of sulfonamides is 2. The Morgan fingerprint density at radius 2 is 1.70 bits per heavy atom. The molecule has 1 fully saturated rings. The van der Waals surface area contributed by atoms with E-state index in [1.165, 1.54) is 12.1 Å². The number of rotatable bonds is 7. The standard InChI is InChI=1S/C20H22N2O6S2/c1-4-20(23)21-13-17(14-21)28-16-9-7-8-15(12-16)18-10-5-6-11-19(18)22(29(2,24)25)30(3,26)27/h4-12,17H,1,13-14H2,2-3H3. The highest BCUT2D eigenvalue weighted by atomic mass is 32.3. The van der Waals surface area contributed by atoms with Crippen LogP contribution in [0.3, 0.4) is 0 Å². The number of nitrogens with zero attached hydrogens (tertiary/aromatic N) is 2. The van der Waals surface area contributed by atoms with Crippen LogP contribution in [0.5, 0.6) is 5.75 Å². The number of hydrogen-bond acceptors (Lipinski definition) is 6. The number of likely N-dealkylation sites (tertiary alicyclic amines) is 1. The van der Waals surface area contributed by atoms with Crippen molar-refractivity contribution in [3.05, 3.63) is 61.2 Å². The lowest BCUT2D eigenvalue weighted by Gasteiger charge is -2.38. The zero-order chi connectivity index (χ0) is 22.1. The second-order valence-electron chi connectivity index (χ2n) is 6.96. The van der Waals surface area contributed by atoms with Crippen molar-refractivity contribution >= 4 is 31.6 Å². The Bertz CT molecular complexity index is 1150. The van der Waals surface area contributed by atoms with E-state index in [0.717, 1.165) is 12.5 Å². The minimum Gasteiger partial charge on any atom is -0.487 e. The monoisotopic (exact) mass is 450 g/mol. The molecule has 0 atom stereocenters. The minimum atomic E-state index is -4.08. The number of benzene rings is 2. The van der Waals surface area contributed by atoms with Crippen molar-refractivity contribution in [2.45, 2.75) is 6.10 Å². The van der Waals surface area contributed by atoms with E-state index in [1.807, 2.05) is 0 Å². The number of hydrogen-bond donors (Lipinski definition) is 0. The molecule has 0 aromatic heterocycles. The molecule has 3 rings (SSSR count). The van der Waals surface area contributed by atoms with Gasteiger partial charge in [0.15, 0.2) is 0 Å². The summed E-state index contributed by atoms with van der Waals surface area (Å²) in [4.78, 5) is 13.1. The number of ether oxygens (including phenoxy) is 1. The molecular weight excluding hydrogens is 428 g/mol. The first-order valence-electron chi connectivity index (χ1n) is 8.98. The summed E-state index contributed by atoms with van der Waals surface area (Å²) in [6.45, 7) is 4.35. The maximum atomic E-state index is 12.2. The average Bonchev–Trinajstić information content (AvgIpc) is 2.62. The van der Waals surface area contributed by atoms with Crippen molar-refractivity contribution < 1.29 is 26.4 Å². The fourth-order valence-electron chi connectivity index (χ4n) is 3.23. The molecule has 10 heteroatoms. The van der Waals surface area contributed by atoms with Crippen LogP contribution in [0.4, 0.5) is 5.69 Å². The highest BCUT2D eigenvalue weighted by molar-refractivity contribution is 8.09. The Kier molecular flexibility index (Phi) is 5.91. The van der Waals surface area contributed by atoms with Gasteiger partial charge in [-0.25, -0.2) is 16.8 Å². The molecule has 1 aliphatic rings. The third-order valence-corrected chi connectivity index (χ3v) is 7.71. The van der Waals surface area contributed by atoms with Gasteiger partial charge in [-0.1, -0.05) is 36.9 Å². The largest absolute Gasteiger partial charge is 0.487 e. The second-order valence-corrected chi connectivity index (χ2v) is 10.8. The van der Waals surface area contributed by atoms with E-state index in [-0.39, 0.29) is 17.7 Å². The topological polar surface area (TPSA) is 101 Å². The molecule has 2 aromatic rings. The van der Waals surface area contributed by atoms with Crippen LogP contribution in [-0.2, 0) is 24.8 Å². The number of anilines is 1. The number of carbonyl (C=O) groups is 1. The summed E-state index contributed by atoms with van der Waals surface area (Å²) in [5.74, 6) is 0.377. The van der Waals surface area contributed by atoms with Gasteiger partial charge in [-0.05, 0) is 29.8 Å². The molecule has 1 heterocycles. The lowest BCUT2D eigenvalue weighted by molar-refractivity contribution is -0.134. The zero-order valence-corrected chi connectivity index (χ0v) is 18.2. The smallest absolute Gasteiger partial charge is 0.246 e. The van der Waals surface area contributed by atoms with Crippen LogP contribution >= 0.6 is 0 Å². The number of para-hydroxylation sites is 1. The average molecular weight is 451 g/mol. The van der Waals surface area contributed by atoms with Crippen LogP contribution in [0.15, 0.2) is 61.2 Å². The highest BCUT2D eigenvalue weighted by Crippen LogP contribution is 2.35. The first-order chi connectivity index (χ1) is 14.0. The van der Waals surface area contributed by atoms with Crippen LogP contribution in [-0.4, -0.2) is 59.3 Å². The van der Waals surface area contributed by atoms with Gasteiger partial charge in [-0.15, -0.1) is 0 Å². The van der Waals surface area contributed by atoms with Gasteiger partial charge >= 0.3 is 0 Å². The molecule has 8 nitrogen and oxygen atoms in total. The van der Waals surface area contributed by atoms with Crippen LogP contribution in [0.1, 0.15) is 0 Å². The molecule has 0 radical (unpaired) electrons. The van der Waals surface area contributed by atoms with Crippen LogP contribution in [0, 0.1) is 0 Å².